The third-order valence-electron chi connectivity index (χ3n) is 4.32. The molecule has 3 rings (SSSR count). The lowest BCUT2D eigenvalue weighted by atomic mass is 10.0. The summed E-state index contributed by atoms with van der Waals surface area (Å²) in [5, 5.41) is 2.77. The van der Waals surface area contributed by atoms with Gasteiger partial charge in [0.2, 0.25) is 15.9 Å². The summed E-state index contributed by atoms with van der Waals surface area (Å²) < 4.78 is 27.8. The summed E-state index contributed by atoms with van der Waals surface area (Å²) in [4.78, 5) is 13.8. The zero-order chi connectivity index (χ0) is 15.7. The van der Waals surface area contributed by atoms with Gasteiger partial charge in [0, 0.05) is 18.2 Å². The molecule has 120 valence electrons. The molecule has 1 fully saturated rings. The lowest BCUT2D eigenvalue weighted by Crippen LogP contribution is -2.43. The molecule has 2 N–H and O–H groups in total. The second kappa shape index (κ2) is 5.98. The van der Waals surface area contributed by atoms with Gasteiger partial charge in [-0.1, -0.05) is 0 Å². The van der Waals surface area contributed by atoms with Crippen molar-refractivity contribution in [3.8, 4) is 0 Å². The molecule has 0 bridgehead atoms. The van der Waals surface area contributed by atoms with E-state index in [1.54, 1.807) is 18.2 Å². The molecule has 0 saturated carbocycles. The fourth-order valence-corrected chi connectivity index (χ4v) is 4.30. The first-order valence-corrected chi connectivity index (χ1v) is 9.06. The Morgan fingerprint density at radius 2 is 1.95 bits per heavy atom. The van der Waals surface area contributed by atoms with E-state index >= 15 is 0 Å². The molecular weight excluding hydrogens is 302 g/mol. The van der Waals surface area contributed by atoms with Crippen molar-refractivity contribution in [2.45, 2.75) is 36.6 Å². The quantitative estimate of drug-likeness (QED) is 0.868. The number of nitrogens with zero attached hydrogens (tertiary/aromatic N) is 1. The number of fused-ring (bicyclic) bond motifs is 1. The Morgan fingerprint density at radius 1 is 1.23 bits per heavy atom. The SMILES string of the molecule is CN1CCC(NS(=O)(=O)c2ccc3c(c2)CCC(=O)N3)CC1. The first-order valence-electron chi connectivity index (χ1n) is 7.58. The number of hydrogen-bond donors (Lipinski definition) is 2. The van der Waals surface area contributed by atoms with E-state index in [-0.39, 0.29) is 16.8 Å². The zero-order valence-corrected chi connectivity index (χ0v) is 13.4. The maximum Gasteiger partial charge on any atom is 0.240 e. The molecule has 0 aromatic heterocycles. The van der Waals surface area contributed by atoms with Crippen molar-refractivity contribution in [2.75, 3.05) is 25.5 Å². The number of carbonyl (C=O) groups is 1. The van der Waals surface area contributed by atoms with Crippen LogP contribution in [-0.2, 0) is 21.2 Å². The molecule has 2 aliphatic heterocycles. The minimum Gasteiger partial charge on any atom is -0.326 e. The van der Waals surface area contributed by atoms with E-state index in [4.69, 9.17) is 0 Å². The van der Waals surface area contributed by atoms with Crippen LogP contribution in [0.25, 0.3) is 0 Å². The average Bonchev–Trinajstić information content (AvgIpc) is 2.49. The van der Waals surface area contributed by atoms with Crippen LogP contribution in [0.3, 0.4) is 0 Å². The highest BCUT2D eigenvalue weighted by atomic mass is 32.2. The van der Waals surface area contributed by atoms with Crippen molar-refractivity contribution in [1.29, 1.82) is 0 Å². The molecule has 0 atom stereocenters. The minimum absolute atomic E-state index is 0.00284. The van der Waals surface area contributed by atoms with Crippen molar-refractivity contribution >= 4 is 21.6 Å². The molecule has 0 radical (unpaired) electrons. The number of anilines is 1. The maximum atomic E-state index is 12.5. The Kier molecular flexibility index (Phi) is 4.20. The Hall–Kier alpha value is -1.44. The minimum atomic E-state index is -3.51. The Morgan fingerprint density at radius 3 is 2.68 bits per heavy atom. The summed E-state index contributed by atoms with van der Waals surface area (Å²) in [6.07, 6.45) is 2.64. The van der Waals surface area contributed by atoms with Crippen LogP contribution in [-0.4, -0.2) is 45.4 Å². The van der Waals surface area contributed by atoms with Crippen LogP contribution in [0.4, 0.5) is 5.69 Å². The first kappa shape index (κ1) is 15.5. The Bertz CT molecular complexity index is 679. The van der Waals surface area contributed by atoms with E-state index in [0.717, 1.165) is 37.2 Å². The van der Waals surface area contributed by atoms with Crippen LogP contribution in [0.1, 0.15) is 24.8 Å². The van der Waals surface area contributed by atoms with E-state index < -0.39 is 10.0 Å². The van der Waals surface area contributed by atoms with Crippen LogP contribution >= 0.6 is 0 Å². The monoisotopic (exact) mass is 323 g/mol. The Labute approximate surface area is 130 Å². The van der Waals surface area contributed by atoms with Gasteiger partial charge in [-0.05, 0) is 63.2 Å². The maximum absolute atomic E-state index is 12.5. The summed E-state index contributed by atoms with van der Waals surface area (Å²) in [7, 11) is -1.46. The number of nitrogens with one attached hydrogen (secondary N) is 2. The number of aryl methyl sites for hydroxylation is 1. The molecule has 2 aliphatic rings. The molecule has 0 unspecified atom stereocenters. The number of amides is 1. The van der Waals surface area contributed by atoms with Gasteiger partial charge >= 0.3 is 0 Å². The van der Waals surface area contributed by atoms with Crippen LogP contribution < -0.4 is 10.0 Å². The van der Waals surface area contributed by atoms with Crippen molar-refractivity contribution in [1.82, 2.24) is 9.62 Å². The summed E-state index contributed by atoms with van der Waals surface area (Å²) in [5.41, 5.74) is 1.60. The lowest BCUT2D eigenvalue weighted by Gasteiger charge is -2.29. The molecule has 1 aromatic carbocycles. The molecular formula is C15H21N3O3S. The number of sulfonamides is 1. The van der Waals surface area contributed by atoms with Gasteiger partial charge in [0.05, 0.1) is 4.90 Å². The number of hydrogen-bond acceptors (Lipinski definition) is 4. The van der Waals surface area contributed by atoms with Gasteiger partial charge in [-0.25, -0.2) is 13.1 Å². The van der Waals surface area contributed by atoms with Crippen LogP contribution in [0.5, 0.6) is 0 Å². The number of benzene rings is 1. The summed E-state index contributed by atoms with van der Waals surface area (Å²) >= 11 is 0. The molecule has 0 spiro atoms. The van der Waals surface area contributed by atoms with Crippen LogP contribution in [0.15, 0.2) is 23.1 Å². The Balaban J connectivity index is 1.76. The highest BCUT2D eigenvalue weighted by molar-refractivity contribution is 7.89. The molecule has 6 nitrogen and oxygen atoms in total. The average molecular weight is 323 g/mol. The second-order valence-electron chi connectivity index (χ2n) is 6.07. The number of likely N-dealkylation sites (tertiary alicyclic amines) is 1. The third-order valence-corrected chi connectivity index (χ3v) is 5.84. The second-order valence-corrected chi connectivity index (χ2v) is 7.78. The number of rotatable bonds is 3. The highest BCUT2D eigenvalue weighted by Gasteiger charge is 2.25. The normalized spacial score (nSPS) is 20.5. The van der Waals surface area contributed by atoms with Gasteiger partial charge in [0.25, 0.3) is 0 Å². The van der Waals surface area contributed by atoms with Crippen molar-refractivity contribution < 1.29 is 13.2 Å². The van der Waals surface area contributed by atoms with E-state index in [9.17, 15) is 13.2 Å². The predicted molar refractivity (Wildman–Crippen MR) is 84.2 cm³/mol. The zero-order valence-electron chi connectivity index (χ0n) is 12.6. The van der Waals surface area contributed by atoms with Gasteiger partial charge in [-0.2, -0.15) is 0 Å². The van der Waals surface area contributed by atoms with Crippen LogP contribution in [0.2, 0.25) is 0 Å². The van der Waals surface area contributed by atoms with Gasteiger partial charge in [0.15, 0.2) is 0 Å². The number of carbonyl (C=O) groups excluding carboxylic acids is 1. The van der Waals surface area contributed by atoms with E-state index in [2.05, 4.69) is 14.9 Å². The standard InChI is InChI=1S/C15H21N3O3S/c1-18-8-6-12(7-9-18)17-22(20,21)13-3-4-14-11(10-13)2-5-15(19)16-14/h3-4,10,12,17H,2,5-9H2,1H3,(H,16,19). The fraction of sp³-hybridized carbons (Fsp3) is 0.533. The summed E-state index contributed by atoms with van der Waals surface area (Å²) in [5.74, 6) is -0.0208. The van der Waals surface area contributed by atoms with E-state index in [1.807, 2.05) is 7.05 Å². The highest BCUT2D eigenvalue weighted by Crippen LogP contribution is 2.25. The van der Waals surface area contributed by atoms with Gasteiger partial charge < -0.3 is 10.2 Å². The first-order chi connectivity index (χ1) is 10.4. The lowest BCUT2D eigenvalue weighted by molar-refractivity contribution is -0.116. The van der Waals surface area contributed by atoms with Crippen LogP contribution in [0, 0.1) is 0 Å². The van der Waals surface area contributed by atoms with Crippen molar-refractivity contribution in [3.63, 3.8) is 0 Å². The largest absolute Gasteiger partial charge is 0.326 e. The van der Waals surface area contributed by atoms with Gasteiger partial charge in [-0.3, -0.25) is 4.79 Å². The predicted octanol–water partition coefficient (Wildman–Crippen LogP) is 0.944. The van der Waals surface area contributed by atoms with Gasteiger partial charge in [0.1, 0.15) is 0 Å². The van der Waals surface area contributed by atoms with Gasteiger partial charge in [-0.15, -0.1) is 0 Å². The molecule has 1 aromatic rings. The smallest absolute Gasteiger partial charge is 0.240 e. The fourth-order valence-electron chi connectivity index (χ4n) is 2.94. The van der Waals surface area contributed by atoms with Crippen molar-refractivity contribution in [3.05, 3.63) is 23.8 Å². The third kappa shape index (κ3) is 3.31. The topological polar surface area (TPSA) is 78.5 Å². The molecule has 2 heterocycles. The molecule has 22 heavy (non-hydrogen) atoms. The molecule has 7 heteroatoms. The number of piperidine rings is 1. The summed E-state index contributed by atoms with van der Waals surface area (Å²) in [6.45, 7) is 1.81. The van der Waals surface area contributed by atoms with E-state index in [1.165, 1.54) is 0 Å². The molecule has 1 saturated heterocycles. The molecule has 0 aliphatic carbocycles. The van der Waals surface area contributed by atoms with E-state index in [0.29, 0.717) is 12.8 Å². The summed E-state index contributed by atoms with van der Waals surface area (Å²) in [6, 6.07) is 4.90. The van der Waals surface area contributed by atoms with Crippen molar-refractivity contribution in [2.24, 2.45) is 0 Å². The molecule has 1 amide bonds.